The fourth-order valence-corrected chi connectivity index (χ4v) is 3.87. The number of hydrogen-bond donors (Lipinski definition) is 0. The average Bonchev–Trinajstić information content (AvgIpc) is 2.95. The molecule has 0 radical (unpaired) electrons. The molecule has 9 heteroatoms. The molecule has 1 atom stereocenters. The summed E-state index contributed by atoms with van der Waals surface area (Å²) in [5.74, 6) is 1.88. The Morgan fingerprint density at radius 1 is 1.06 bits per heavy atom. The Hall–Kier alpha value is -1.53. The van der Waals surface area contributed by atoms with Crippen LogP contribution in [0.4, 0.5) is 4.39 Å². The van der Waals surface area contributed by atoms with Crippen LogP contribution < -0.4 is 18.9 Å². The van der Waals surface area contributed by atoms with Gasteiger partial charge in [0, 0.05) is 17.7 Å². The van der Waals surface area contributed by atoms with E-state index in [1.807, 2.05) is 0 Å². The number of unbranched alkanes of at least 4 members (excludes halogenated alkanes) is 1. The molecule has 4 nitrogen and oxygen atoms in total. The highest BCUT2D eigenvalue weighted by atomic mass is 35.5. The van der Waals surface area contributed by atoms with Gasteiger partial charge in [-0.2, -0.15) is 0 Å². The normalized spacial score (nSPS) is 16.2. The summed E-state index contributed by atoms with van der Waals surface area (Å²) in [5.41, 5.74) is -0.378. The molecule has 0 fully saturated rings. The lowest BCUT2D eigenvalue weighted by Gasteiger charge is -2.20. The van der Waals surface area contributed by atoms with Crippen LogP contribution in [0.2, 0.25) is 10.0 Å². The monoisotopic (exact) mass is 522 g/mol. The Morgan fingerprint density at radius 3 is 2.38 bits per heavy atom. The number of fused-ring (bicyclic) bond motifs is 1. The summed E-state index contributed by atoms with van der Waals surface area (Å²) in [6, 6.07) is 8.49. The van der Waals surface area contributed by atoms with Crippen molar-refractivity contribution in [3.05, 3.63) is 56.5 Å². The Morgan fingerprint density at radius 2 is 1.72 bits per heavy atom. The second-order valence-electron chi connectivity index (χ2n) is 7.67. The van der Waals surface area contributed by atoms with Gasteiger partial charge in [-0.3, -0.25) is 0 Å². The van der Waals surface area contributed by atoms with E-state index in [2.05, 4.69) is 0 Å². The minimum absolute atomic E-state index is 0.116. The first kappa shape index (κ1) is 25.1. The fraction of sp³-hybridized carbons (Fsp3) is 0.391. The molecule has 1 heterocycles. The van der Waals surface area contributed by atoms with E-state index in [1.54, 1.807) is 44.2 Å². The largest absolute Gasteiger partial charge is 0.490 e. The molecule has 0 amide bonds. The van der Waals surface area contributed by atoms with Crippen LogP contribution in [-0.2, 0) is 0 Å². The molecule has 174 valence electrons. The molecule has 0 aliphatic carbocycles. The molecule has 1 unspecified atom stereocenters. The van der Waals surface area contributed by atoms with Gasteiger partial charge in [-0.25, -0.2) is 4.39 Å². The van der Waals surface area contributed by atoms with E-state index in [-0.39, 0.29) is 11.1 Å². The van der Waals surface area contributed by atoms with E-state index >= 15 is 0 Å². The number of halogens is 5. The first-order valence-electron chi connectivity index (χ1n) is 10.0. The summed E-state index contributed by atoms with van der Waals surface area (Å²) in [6.07, 6.45) is 1.74. The molecule has 2 aromatic carbocycles. The van der Waals surface area contributed by atoms with Gasteiger partial charge in [0.1, 0.15) is 22.4 Å². The number of alkyl halides is 1. The molecule has 2 aromatic rings. The van der Waals surface area contributed by atoms with Crippen LogP contribution in [0.25, 0.3) is 0 Å². The summed E-state index contributed by atoms with van der Waals surface area (Å²) in [5, 5.41) is 0.676. The highest BCUT2D eigenvalue weighted by Crippen LogP contribution is 2.49. The Balaban J connectivity index is 1.45. The number of rotatable bonds is 10. The molecule has 1 aliphatic rings. The number of para-hydroxylation sites is 1. The zero-order valence-electron chi connectivity index (χ0n) is 17.6. The van der Waals surface area contributed by atoms with Crippen molar-refractivity contribution in [3.63, 3.8) is 0 Å². The lowest BCUT2D eigenvalue weighted by atomic mass is 9.99. The molecule has 0 bridgehead atoms. The third-order valence-corrected chi connectivity index (χ3v) is 5.63. The highest BCUT2D eigenvalue weighted by Gasteiger charge is 2.43. The van der Waals surface area contributed by atoms with Crippen LogP contribution >= 0.6 is 46.4 Å². The predicted molar refractivity (Wildman–Crippen MR) is 127 cm³/mol. The summed E-state index contributed by atoms with van der Waals surface area (Å²) in [7, 11) is 0. The van der Waals surface area contributed by atoms with Crippen LogP contribution in [0.15, 0.2) is 40.9 Å². The SMILES string of the molecule is CC1(C)Oc2c(OCCCCOc3c(Cl)cc(OCC=C(Cl)Cl)cc3Cl)cccc2C1F. The molecule has 0 N–H and O–H groups in total. The minimum atomic E-state index is -1.18. The second kappa shape index (κ2) is 11.1. The lowest BCUT2D eigenvalue weighted by molar-refractivity contribution is 0.0510. The Kier molecular flexibility index (Phi) is 8.68. The van der Waals surface area contributed by atoms with E-state index in [0.717, 1.165) is 0 Å². The van der Waals surface area contributed by atoms with E-state index in [1.165, 1.54) is 6.08 Å². The summed E-state index contributed by atoms with van der Waals surface area (Å²) in [6.45, 7) is 4.47. The molecule has 0 spiro atoms. The maximum absolute atomic E-state index is 14.5. The smallest absolute Gasteiger partial charge is 0.168 e. The molecular weight excluding hydrogens is 501 g/mol. The Labute approximate surface area is 207 Å². The quantitative estimate of drug-likeness (QED) is 0.295. The fourth-order valence-electron chi connectivity index (χ4n) is 3.16. The average molecular weight is 524 g/mol. The van der Waals surface area contributed by atoms with Crippen LogP contribution in [0.1, 0.15) is 38.4 Å². The van der Waals surface area contributed by atoms with Gasteiger partial charge in [0.05, 0.1) is 23.3 Å². The predicted octanol–water partition coefficient (Wildman–Crippen LogP) is 8.11. The molecule has 0 saturated heterocycles. The van der Waals surface area contributed by atoms with Gasteiger partial charge < -0.3 is 18.9 Å². The van der Waals surface area contributed by atoms with Gasteiger partial charge in [0.15, 0.2) is 23.4 Å². The van der Waals surface area contributed by atoms with Crippen molar-refractivity contribution in [1.82, 2.24) is 0 Å². The first-order valence-corrected chi connectivity index (χ1v) is 11.5. The third kappa shape index (κ3) is 6.28. The van der Waals surface area contributed by atoms with E-state index < -0.39 is 11.8 Å². The summed E-state index contributed by atoms with van der Waals surface area (Å²) < 4.78 is 37.4. The van der Waals surface area contributed by atoms with Crippen LogP contribution in [-0.4, -0.2) is 25.4 Å². The molecule has 3 rings (SSSR count). The minimum Gasteiger partial charge on any atom is -0.490 e. The molecule has 0 aromatic heterocycles. The summed E-state index contributed by atoms with van der Waals surface area (Å²) >= 11 is 23.6. The third-order valence-electron chi connectivity index (χ3n) is 4.76. The van der Waals surface area contributed by atoms with Crippen LogP contribution in [0.5, 0.6) is 23.0 Å². The topological polar surface area (TPSA) is 36.9 Å². The van der Waals surface area contributed by atoms with E-state index in [4.69, 9.17) is 65.4 Å². The van der Waals surface area contributed by atoms with Gasteiger partial charge in [0.25, 0.3) is 0 Å². The molecule has 32 heavy (non-hydrogen) atoms. The second-order valence-corrected chi connectivity index (χ2v) is 9.49. The highest BCUT2D eigenvalue weighted by molar-refractivity contribution is 6.55. The van der Waals surface area contributed by atoms with E-state index in [9.17, 15) is 4.39 Å². The Bertz CT molecular complexity index is 953. The van der Waals surface area contributed by atoms with E-state index in [0.29, 0.717) is 64.7 Å². The number of ether oxygens (including phenoxy) is 4. The standard InChI is InChI=1S/C23H23Cl4FO4/c1-23(2)22(28)15-6-5-7-18(20(15)32-23)30-9-3-4-10-31-21-16(24)12-14(13-17(21)25)29-11-8-19(26)27/h5-8,12-13,22H,3-4,9-11H2,1-2H3. The molecule has 0 saturated carbocycles. The van der Waals surface area contributed by atoms with Crippen molar-refractivity contribution in [3.8, 4) is 23.0 Å². The maximum Gasteiger partial charge on any atom is 0.168 e. The van der Waals surface area contributed by atoms with Gasteiger partial charge in [-0.05, 0) is 38.8 Å². The van der Waals surface area contributed by atoms with Crippen molar-refractivity contribution in [2.24, 2.45) is 0 Å². The molecule has 1 aliphatic heterocycles. The van der Waals surface area contributed by atoms with Gasteiger partial charge >= 0.3 is 0 Å². The zero-order valence-corrected chi connectivity index (χ0v) is 20.6. The van der Waals surface area contributed by atoms with Crippen molar-refractivity contribution in [1.29, 1.82) is 0 Å². The first-order chi connectivity index (χ1) is 15.2. The van der Waals surface area contributed by atoms with Gasteiger partial charge in [0.2, 0.25) is 0 Å². The van der Waals surface area contributed by atoms with Gasteiger partial charge in [-0.1, -0.05) is 58.5 Å². The van der Waals surface area contributed by atoms with Crippen LogP contribution in [0, 0.1) is 0 Å². The maximum atomic E-state index is 14.5. The van der Waals surface area contributed by atoms with Crippen molar-refractivity contribution in [2.75, 3.05) is 19.8 Å². The summed E-state index contributed by atoms with van der Waals surface area (Å²) in [4.78, 5) is 0. The van der Waals surface area contributed by atoms with Crippen LogP contribution in [0.3, 0.4) is 0 Å². The number of hydrogen-bond acceptors (Lipinski definition) is 4. The van der Waals surface area contributed by atoms with Gasteiger partial charge in [-0.15, -0.1) is 0 Å². The lowest BCUT2D eigenvalue weighted by Crippen LogP contribution is -2.27. The molecular formula is C23H23Cl4FO4. The number of benzene rings is 2. The van der Waals surface area contributed by atoms with Crippen molar-refractivity contribution in [2.45, 2.75) is 38.5 Å². The van der Waals surface area contributed by atoms with Crippen molar-refractivity contribution >= 4 is 46.4 Å². The zero-order chi connectivity index (χ0) is 23.3. The van der Waals surface area contributed by atoms with Crippen molar-refractivity contribution < 1.29 is 23.3 Å².